The fourth-order valence-electron chi connectivity index (χ4n) is 2.59. The van der Waals surface area contributed by atoms with Crippen LogP contribution in [0.2, 0.25) is 0 Å². The number of hydrogen-bond donors (Lipinski definition) is 0. The first-order chi connectivity index (χ1) is 12.5. The predicted octanol–water partition coefficient (Wildman–Crippen LogP) is 3.22. The van der Waals surface area contributed by atoms with Crippen LogP contribution in [0.25, 0.3) is 11.0 Å². The Kier molecular flexibility index (Phi) is 4.93. The lowest BCUT2D eigenvalue weighted by molar-refractivity contribution is 0.0474. The number of carbonyl (C=O) groups is 1. The zero-order chi connectivity index (χ0) is 18.7. The van der Waals surface area contributed by atoms with Crippen molar-refractivity contribution >= 4 is 22.6 Å². The van der Waals surface area contributed by atoms with Crippen LogP contribution in [0.5, 0.6) is 5.75 Å². The zero-order valence-electron chi connectivity index (χ0n) is 14.8. The summed E-state index contributed by atoms with van der Waals surface area (Å²) < 4.78 is 15.7. The van der Waals surface area contributed by atoms with Crippen molar-refractivity contribution in [3.05, 3.63) is 70.1 Å². The molecule has 3 aromatic rings. The standard InChI is InChI=1S/C20H19NO5/c1-21(2)15-6-4-5-13(9-15)20(23)25-12-14-10-19(22)26-18-11-16(24-3)7-8-17(14)18/h4-11H,12H2,1-3H3. The van der Waals surface area contributed by atoms with E-state index in [2.05, 4.69) is 0 Å². The summed E-state index contributed by atoms with van der Waals surface area (Å²) in [7, 11) is 5.33. The predicted molar refractivity (Wildman–Crippen MR) is 98.9 cm³/mol. The summed E-state index contributed by atoms with van der Waals surface area (Å²) in [5.74, 6) is 0.124. The minimum Gasteiger partial charge on any atom is -0.497 e. The molecule has 0 radical (unpaired) electrons. The highest BCUT2D eigenvalue weighted by Gasteiger charge is 2.12. The smallest absolute Gasteiger partial charge is 0.338 e. The Hall–Kier alpha value is -3.28. The second-order valence-corrected chi connectivity index (χ2v) is 5.97. The maximum Gasteiger partial charge on any atom is 0.338 e. The topological polar surface area (TPSA) is 69.0 Å². The maximum atomic E-state index is 12.4. The number of benzene rings is 2. The molecule has 3 rings (SSSR count). The summed E-state index contributed by atoms with van der Waals surface area (Å²) in [5, 5.41) is 0.695. The summed E-state index contributed by atoms with van der Waals surface area (Å²) >= 11 is 0. The van der Waals surface area contributed by atoms with Crippen LogP contribution < -0.4 is 15.3 Å². The minimum atomic E-state index is -0.508. The number of fused-ring (bicyclic) bond motifs is 1. The molecule has 1 heterocycles. The van der Waals surface area contributed by atoms with E-state index in [0.29, 0.717) is 27.8 Å². The van der Waals surface area contributed by atoms with E-state index in [1.54, 1.807) is 36.4 Å². The van der Waals surface area contributed by atoms with Gasteiger partial charge in [0.15, 0.2) is 0 Å². The van der Waals surface area contributed by atoms with E-state index in [1.807, 2.05) is 25.1 Å². The molecule has 0 saturated heterocycles. The Balaban J connectivity index is 1.84. The van der Waals surface area contributed by atoms with Crippen molar-refractivity contribution < 1.29 is 18.7 Å². The maximum absolute atomic E-state index is 12.4. The number of anilines is 1. The molecule has 0 bridgehead atoms. The van der Waals surface area contributed by atoms with Crippen molar-refractivity contribution in [3.63, 3.8) is 0 Å². The third-order valence-corrected chi connectivity index (χ3v) is 3.99. The number of ether oxygens (including phenoxy) is 2. The summed E-state index contributed by atoms with van der Waals surface area (Å²) in [5.41, 5.74) is 1.81. The third-order valence-electron chi connectivity index (χ3n) is 3.99. The van der Waals surface area contributed by atoms with Crippen LogP contribution in [0.4, 0.5) is 5.69 Å². The van der Waals surface area contributed by atoms with Gasteiger partial charge in [0.05, 0.1) is 12.7 Å². The highest BCUT2D eigenvalue weighted by Crippen LogP contribution is 2.23. The molecular weight excluding hydrogens is 334 g/mol. The quantitative estimate of drug-likeness (QED) is 0.518. The van der Waals surface area contributed by atoms with E-state index < -0.39 is 11.6 Å². The molecule has 0 aliphatic heterocycles. The second-order valence-electron chi connectivity index (χ2n) is 5.97. The van der Waals surface area contributed by atoms with Gasteiger partial charge in [-0.3, -0.25) is 0 Å². The molecule has 0 unspecified atom stereocenters. The van der Waals surface area contributed by atoms with Gasteiger partial charge in [-0.15, -0.1) is 0 Å². The molecule has 0 amide bonds. The number of nitrogens with zero attached hydrogens (tertiary/aromatic N) is 1. The van der Waals surface area contributed by atoms with Gasteiger partial charge in [0.25, 0.3) is 0 Å². The van der Waals surface area contributed by atoms with Crippen molar-refractivity contribution in [1.82, 2.24) is 0 Å². The summed E-state index contributed by atoms with van der Waals surface area (Å²) in [4.78, 5) is 26.0. The molecule has 6 heteroatoms. The van der Waals surface area contributed by atoms with Gasteiger partial charge >= 0.3 is 11.6 Å². The molecular formula is C20H19NO5. The highest BCUT2D eigenvalue weighted by molar-refractivity contribution is 5.91. The van der Waals surface area contributed by atoms with Gasteiger partial charge in [-0.2, -0.15) is 0 Å². The molecule has 134 valence electrons. The van der Waals surface area contributed by atoms with Gasteiger partial charge in [-0.1, -0.05) is 6.07 Å². The Morgan fingerprint density at radius 3 is 2.65 bits per heavy atom. The Morgan fingerprint density at radius 2 is 1.92 bits per heavy atom. The fourth-order valence-corrected chi connectivity index (χ4v) is 2.59. The number of hydrogen-bond acceptors (Lipinski definition) is 6. The van der Waals surface area contributed by atoms with Crippen LogP contribution in [-0.4, -0.2) is 27.2 Å². The lowest BCUT2D eigenvalue weighted by atomic mass is 10.1. The van der Waals surface area contributed by atoms with E-state index in [1.165, 1.54) is 13.2 Å². The molecule has 0 atom stereocenters. The van der Waals surface area contributed by atoms with Crippen LogP contribution in [0.1, 0.15) is 15.9 Å². The van der Waals surface area contributed by atoms with Crippen LogP contribution in [0.3, 0.4) is 0 Å². The summed E-state index contributed by atoms with van der Waals surface area (Å²) in [6.45, 7) is -0.0283. The highest BCUT2D eigenvalue weighted by atomic mass is 16.5. The average molecular weight is 353 g/mol. The van der Waals surface area contributed by atoms with E-state index in [-0.39, 0.29) is 6.61 Å². The lowest BCUT2D eigenvalue weighted by Gasteiger charge is -2.13. The van der Waals surface area contributed by atoms with Crippen LogP contribution in [-0.2, 0) is 11.3 Å². The molecule has 2 aromatic carbocycles. The van der Waals surface area contributed by atoms with Gasteiger partial charge in [-0.05, 0) is 30.3 Å². The molecule has 0 spiro atoms. The van der Waals surface area contributed by atoms with Crippen LogP contribution >= 0.6 is 0 Å². The molecule has 1 aromatic heterocycles. The Bertz CT molecular complexity index is 1010. The normalized spacial score (nSPS) is 10.6. The number of methoxy groups -OCH3 is 1. The Morgan fingerprint density at radius 1 is 1.12 bits per heavy atom. The minimum absolute atomic E-state index is 0.0283. The van der Waals surface area contributed by atoms with Crippen LogP contribution in [0.15, 0.2) is 57.7 Å². The van der Waals surface area contributed by atoms with Gasteiger partial charge in [-0.25, -0.2) is 9.59 Å². The molecule has 0 aliphatic carbocycles. The van der Waals surface area contributed by atoms with Gasteiger partial charge in [0.1, 0.15) is 17.9 Å². The summed E-state index contributed by atoms with van der Waals surface area (Å²) in [6, 6.07) is 13.6. The van der Waals surface area contributed by atoms with Gasteiger partial charge < -0.3 is 18.8 Å². The van der Waals surface area contributed by atoms with Gasteiger partial charge in [0.2, 0.25) is 0 Å². The number of esters is 1. The first-order valence-corrected chi connectivity index (χ1v) is 8.03. The van der Waals surface area contributed by atoms with Crippen molar-refractivity contribution in [3.8, 4) is 5.75 Å². The molecule has 0 saturated carbocycles. The van der Waals surface area contributed by atoms with E-state index >= 15 is 0 Å². The van der Waals surface area contributed by atoms with Gasteiger partial charge in [0, 0.05) is 42.9 Å². The monoisotopic (exact) mass is 353 g/mol. The van der Waals surface area contributed by atoms with Crippen LogP contribution in [0, 0.1) is 0 Å². The van der Waals surface area contributed by atoms with Crippen molar-refractivity contribution in [2.45, 2.75) is 6.61 Å². The molecule has 0 fully saturated rings. The lowest BCUT2D eigenvalue weighted by Crippen LogP contribution is -2.11. The SMILES string of the molecule is COc1ccc2c(COC(=O)c3cccc(N(C)C)c3)cc(=O)oc2c1. The zero-order valence-corrected chi connectivity index (χ0v) is 14.8. The Labute approximate surface area is 150 Å². The summed E-state index contributed by atoms with van der Waals surface area (Å²) in [6.07, 6.45) is 0. The largest absolute Gasteiger partial charge is 0.497 e. The van der Waals surface area contributed by atoms with Crippen molar-refractivity contribution in [2.75, 3.05) is 26.1 Å². The van der Waals surface area contributed by atoms with E-state index in [4.69, 9.17) is 13.9 Å². The fraction of sp³-hybridized carbons (Fsp3) is 0.200. The first-order valence-electron chi connectivity index (χ1n) is 8.03. The van der Waals surface area contributed by atoms with E-state index in [9.17, 15) is 9.59 Å². The molecule has 0 N–H and O–H groups in total. The molecule has 6 nitrogen and oxygen atoms in total. The second kappa shape index (κ2) is 7.31. The molecule has 0 aliphatic rings. The third kappa shape index (κ3) is 3.69. The number of carbonyl (C=O) groups excluding carboxylic acids is 1. The van der Waals surface area contributed by atoms with Crippen molar-refractivity contribution in [2.24, 2.45) is 0 Å². The number of rotatable bonds is 5. The average Bonchev–Trinajstić information content (AvgIpc) is 2.65. The van der Waals surface area contributed by atoms with Crippen molar-refractivity contribution in [1.29, 1.82) is 0 Å². The van der Waals surface area contributed by atoms with E-state index in [0.717, 1.165) is 5.69 Å². The first kappa shape index (κ1) is 17.5. The molecule has 26 heavy (non-hydrogen) atoms.